The fourth-order valence-corrected chi connectivity index (χ4v) is 7.93. The van der Waals surface area contributed by atoms with Gasteiger partial charge in [0.1, 0.15) is 22.4 Å². The predicted octanol–water partition coefficient (Wildman–Crippen LogP) is 2.41. The molecule has 10 N–H and O–H groups in total. The average molecular weight is 917 g/mol. The van der Waals surface area contributed by atoms with Gasteiger partial charge in [-0.3, -0.25) is 18.9 Å². The van der Waals surface area contributed by atoms with Crippen molar-refractivity contribution in [2.75, 3.05) is 83.7 Å². The summed E-state index contributed by atoms with van der Waals surface area (Å²) in [7, 11) is -10.0. The number of aromatic nitrogens is 6. The van der Waals surface area contributed by atoms with Crippen LogP contribution in [0.3, 0.4) is 0 Å². The van der Waals surface area contributed by atoms with E-state index >= 15 is 0 Å². The molecule has 0 fully saturated rings. The van der Waals surface area contributed by atoms with E-state index in [1.165, 1.54) is 68.7 Å². The normalized spacial score (nSPS) is 11.8. The maximum Gasteiger partial charge on any atom is 0.295 e. The van der Waals surface area contributed by atoms with Crippen LogP contribution in [0.15, 0.2) is 107 Å². The summed E-state index contributed by atoms with van der Waals surface area (Å²) in [6.45, 7) is -0.816. The lowest BCUT2D eigenvalue weighted by atomic mass is 10.1. The van der Waals surface area contributed by atoms with Gasteiger partial charge in [-0.05, 0) is 59.7 Å². The molecule has 0 aliphatic carbocycles. The smallest absolute Gasteiger partial charge is 0.295 e. The third kappa shape index (κ3) is 10.8. The molecule has 6 rings (SSSR count). The summed E-state index contributed by atoms with van der Waals surface area (Å²) in [6.07, 6.45) is 4.82. The summed E-state index contributed by atoms with van der Waals surface area (Å²) >= 11 is 0. The first kappa shape index (κ1) is 46.6. The lowest BCUT2D eigenvalue weighted by Gasteiger charge is -2.27. The molecule has 0 saturated heterocycles. The number of aliphatic hydroxyl groups is 4. The van der Waals surface area contributed by atoms with Gasteiger partial charge in [0.2, 0.25) is 23.8 Å². The second kappa shape index (κ2) is 20.5. The van der Waals surface area contributed by atoms with Gasteiger partial charge in [-0.2, -0.15) is 26.8 Å². The van der Waals surface area contributed by atoms with Gasteiger partial charge in [0.05, 0.1) is 60.6 Å². The van der Waals surface area contributed by atoms with Gasteiger partial charge >= 0.3 is 0 Å². The Balaban J connectivity index is 1.46. The summed E-state index contributed by atoms with van der Waals surface area (Å²) in [4.78, 5) is 30.6. The minimum atomic E-state index is -5.01. The quantitative estimate of drug-likeness (QED) is 0.0310. The molecule has 0 aliphatic heterocycles. The Morgan fingerprint density at radius 3 is 1.17 bits per heavy atom. The molecule has 0 bridgehead atoms. The van der Waals surface area contributed by atoms with Crippen LogP contribution in [0, 0.1) is 0 Å². The number of nitrogens with two attached hydrogens (primary N) is 2. The summed E-state index contributed by atoms with van der Waals surface area (Å²) in [5.74, 6) is 0.0788. The maximum absolute atomic E-state index is 13.0. The molecule has 0 unspecified atom stereocenters. The van der Waals surface area contributed by atoms with Gasteiger partial charge in [-0.1, -0.05) is 48.6 Å². The third-order valence-electron chi connectivity index (χ3n) is 9.40. The number of nitrogen functional groups attached to an aromatic ring is 2. The Labute approximate surface area is 367 Å². The Hall–Kier alpha value is -6.90. The fourth-order valence-electron chi connectivity index (χ4n) is 6.52. The zero-order chi connectivity index (χ0) is 46.0. The number of hydrogen-bond donors (Lipinski definition) is 8. The maximum atomic E-state index is 13.0. The second-order valence-corrected chi connectivity index (χ2v) is 16.3. The number of hydrogen-bond acceptors (Lipinski definition) is 20. The first-order chi connectivity index (χ1) is 30.7. The van der Waals surface area contributed by atoms with E-state index in [0.717, 1.165) is 12.1 Å². The number of nitrogens with zero attached hydrogens (tertiary/aromatic N) is 10. The van der Waals surface area contributed by atoms with Crippen molar-refractivity contribution in [2.45, 2.75) is 9.79 Å². The molecule has 2 heterocycles. The summed E-state index contributed by atoms with van der Waals surface area (Å²) in [5.41, 5.74) is 13.9. The van der Waals surface area contributed by atoms with Crippen LogP contribution in [0.1, 0.15) is 11.1 Å². The highest BCUT2D eigenvalue weighted by Gasteiger charge is 2.26. The lowest BCUT2D eigenvalue weighted by molar-refractivity contribution is 0.279. The third-order valence-corrected chi connectivity index (χ3v) is 11.2. The molecule has 2 aromatic heterocycles. The minimum absolute atomic E-state index is 0.0430. The Morgan fingerprint density at radius 1 is 0.500 bits per heavy atom. The van der Waals surface area contributed by atoms with E-state index in [4.69, 9.17) is 11.5 Å². The summed E-state index contributed by atoms with van der Waals surface area (Å²) < 4.78 is 73.2. The first-order valence-electron chi connectivity index (χ1n) is 19.2. The SMILES string of the molecule is Nc1ccccc1N(c1ccc(C=Cc2ccc(N(c3ncnc(N(CCO)CCO)n3)c3ccccc3N)cc2S(=O)(=O)O)c(S(=O)(=O)O)c1)c1ncnc(N(CCO)CCO)n1. The summed E-state index contributed by atoms with van der Waals surface area (Å²) in [6, 6.07) is 21.0. The van der Waals surface area contributed by atoms with Gasteiger partial charge in [-0.15, -0.1) is 0 Å². The molecule has 336 valence electrons. The number of rotatable bonds is 20. The Kier molecular flexibility index (Phi) is 14.9. The zero-order valence-corrected chi connectivity index (χ0v) is 35.4. The topological polar surface area (TPSA) is 332 Å². The number of anilines is 10. The molecule has 0 spiro atoms. The first-order valence-corrected chi connectivity index (χ1v) is 22.1. The molecule has 0 saturated carbocycles. The van der Waals surface area contributed by atoms with Crippen molar-refractivity contribution in [3.63, 3.8) is 0 Å². The minimum Gasteiger partial charge on any atom is -0.397 e. The van der Waals surface area contributed by atoms with Crippen molar-refractivity contribution in [2.24, 2.45) is 0 Å². The van der Waals surface area contributed by atoms with Gasteiger partial charge in [0.25, 0.3) is 20.2 Å². The molecular formula is C40H44N12O10S2. The van der Waals surface area contributed by atoms with E-state index in [-0.39, 0.29) is 110 Å². The average Bonchev–Trinajstić information content (AvgIpc) is 3.27. The van der Waals surface area contributed by atoms with Gasteiger partial charge < -0.3 is 41.7 Å². The number of para-hydroxylation sites is 4. The standard InChI is InChI=1S/C40H44N12O10S2/c41-31-5-1-3-7-33(31)51(39-45-25-43-37(47-39)49(15-19-53)16-20-54)29-13-11-27(35(23-29)63(57,58)59)9-10-28-12-14-30(24-36(28)64(60,61)62)52(34-8-4-2-6-32(34)42)40-46-26-44-38(48-40)50(17-21-55)18-22-56/h1-14,23-26,53-56H,15-22,41-42H2,(H,57,58,59)(H,60,61,62). The van der Waals surface area contributed by atoms with Gasteiger partial charge in [0.15, 0.2) is 0 Å². The van der Waals surface area contributed by atoms with E-state index in [0.29, 0.717) is 11.4 Å². The molecule has 0 amide bonds. The van der Waals surface area contributed by atoms with E-state index in [1.807, 2.05) is 0 Å². The molecule has 6 aromatic rings. The van der Waals surface area contributed by atoms with Crippen LogP contribution in [0.25, 0.3) is 12.2 Å². The van der Waals surface area contributed by atoms with Crippen LogP contribution in [-0.4, -0.2) is 129 Å². The van der Waals surface area contributed by atoms with Gasteiger partial charge in [-0.25, -0.2) is 19.9 Å². The summed E-state index contributed by atoms with van der Waals surface area (Å²) in [5, 5.41) is 38.4. The monoisotopic (exact) mass is 916 g/mol. The molecule has 4 aromatic carbocycles. The zero-order valence-electron chi connectivity index (χ0n) is 33.8. The van der Waals surface area contributed by atoms with E-state index in [9.17, 15) is 46.4 Å². The van der Waals surface area contributed by atoms with E-state index < -0.39 is 30.0 Å². The number of aliphatic hydroxyl groups excluding tert-OH is 4. The Morgan fingerprint density at radius 2 is 0.844 bits per heavy atom. The van der Waals surface area contributed by atoms with Gasteiger partial charge in [0, 0.05) is 26.2 Å². The number of benzene rings is 4. The molecule has 64 heavy (non-hydrogen) atoms. The highest BCUT2D eigenvalue weighted by atomic mass is 32.2. The van der Waals surface area contributed by atoms with Crippen molar-refractivity contribution in [1.29, 1.82) is 0 Å². The van der Waals surface area contributed by atoms with Crippen molar-refractivity contribution in [3.8, 4) is 0 Å². The van der Waals surface area contributed by atoms with Crippen molar-refractivity contribution < 1.29 is 46.4 Å². The predicted molar refractivity (Wildman–Crippen MR) is 239 cm³/mol. The van der Waals surface area contributed by atoms with Crippen molar-refractivity contribution in [3.05, 3.63) is 109 Å². The van der Waals surface area contributed by atoms with E-state index in [2.05, 4.69) is 29.9 Å². The van der Waals surface area contributed by atoms with Crippen molar-refractivity contribution in [1.82, 2.24) is 29.9 Å². The Bertz CT molecular complexity index is 2640. The van der Waals surface area contributed by atoms with Crippen LogP contribution in [0.5, 0.6) is 0 Å². The van der Waals surface area contributed by atoms with E-state index in [1.54, 1.807) is 48.5 Å². The lowest BCUT2D eigenvalue weighted by Crippen LogP contribution is -2.31. The van der Waals surface area contributed by atoms with Crippen LogP contribution < -0.4 is 31.1 Å². The molecule has 0 atom stereocenters. The molecule has 24 heteroatoms. The highest BCUT2D eigenvalue weighted by molar-refractivity contribution is 7.86. The largest absolute Gasteiger partial charge is 0.397 e. The van der Waals surface area contributed by atoms with Crippen LogP contribution in [0.2, 0.25) is 0 Å². The van der Waals surface area contributed by atoms with Crippen LogP contribution in [0.4, 0.5) is 57.9 Å². The second-order valence-electron chi connectivity index (χ2n) is 13.6. The molecule has 0 radical (unpaired) electrons. The molecular weight excluding hydrogens is 873 g/mol. The molecule has 22 nitrogen and oxygen atoms in total. The highest BCUT2D eigenvalue weighted by Crippen LogP contribution is 2.40. The fraction of sp³-hybridized carbons (Fsp3) is 0.200. The van der Waals surface area contributed by atoms with Crippen LogP contribution >= 0.6 is 0 Å². The van der Waals surface area contributed by atoms with Crippen molar-refractivity contribution >= 4 is 90.3 Å². The molecule has 0 aliphatic rings. The van der Waals surface area contributed by atoms with Crippen LogP contribution in [-0.2, 0) is 20.2 Å².